The SMILES string of the molecule is C=CCCC1CCC2CC(C3CCC(CCC)CC3)CCC2C1. The summed E-state index contributed by atoms with van der Waals surface area (Å²) in [6.07, 6.45) is 23.2. The number of hydrogen-bond acceptors (Lipinski definition) is 0. The highest BCUT2D eigenvalue weighted by Crippen LogP contribution is 2.49. The Morgan fingerprint density at radius 1 is 0.696 bits per heavy atom. The molecule has 0 nitrogen and oxygen atoms in total. The van der Waals surface area contributed by atoms with Crippen molar-refractivity contribution in [3.63, 3.8) is 0 Å². The summed E-state index contributed by atoms with van der Waals surface area (Å²) >= 11 is 0. The first-order valence-corrected chi connectivity index (χ1v) is 10.9. The van der Waals surface area contributed by atoms with Crippen molar-refractivity contribution in [3.8, 4) is 0 Å². The molecule has 132 valence electrons. The molecule has 0 radical (unpaired) electrons. The second-order valence-electron chi connectivity index (χ2n) is 9.21. The van der Waals surface area contributed by atoms with E-state index in [1.807, 2.05) is 0 Å². The van der Waals surface area contributed by atoms with Gasteiger partial charge in [-0.25, -0.2) is 0 Å². The Kier molecular flexibility index (Phi) is 6.66. The summed E-state index contributed by atoms with van der Waals surface area (Å²) in [6.45, 7) is 6.26. The lowest BCUT2D eigenvalue weighted by atomic mass is 9.60. The van der Waals surface area contributed by atoms with Crippen LogP contribution in [0.5, 0.6) is 0 Å². The third-order valence-electron chi connectivity index (χ3n) is 7.80. The predicted octanol–water partition coefficient (Wildman–Crippen LogP) is 7.39. The molecule has 3 aliphatic rings. The molecule has 0 heteroatoms. The van der Waals surface area contributed by atoms with Gasteiger partial charge in [0.15, 0.2) is 0 Å². The molecule has 0 saturated heterocycles. The number of fused-ring (bicyclic) bond motifs is 1. The number of rotatable bonds is 6. The Balaban J connectivity index is 1.43. The molecule has 4 atom stereocenters. The minimum atomic E-state index is 1.02. The summed E-state index contributed by atoms with van der Waals surface area (Å²) in [6, 6.07) is 0. The average molecular weight is 317 g/mol. The van der Waals surface area contributed by atoms with Gasteiger partial charge in [0.1, 0.15) is 0 Å². The van der Waals surface area contributed by atoms with Crippen LogP contribution >= 0.6 is 0 Å². The molecule has 3 fully saturated rings. The maximum Gasteiger partial charge on any atom is -0.0351 e. The van der Waals surface area contributed by atoms with Crippen molar-refractivity contribution in [1.82, 2.24) is 0 Å². The molecular formula is C23H40. The van der Waals surface area contributed by atoms with Crippen LogP contribution in [-0.2, 0) is 0 Å². The lowest BCUT2D eigenvalue weighted by molar-refractivity contribution is 0.0582. The first-order chi connectivity index (χ1) is 11.3. The van der Waals surface area contributed by atoms with E-state index in [1.54, 1.807) is 57.8 Å². The van der Waals surface area contributed by atoms with Crippen LogP contribution in [0.15, 0.2) is 12.7 Å². The van der Waals surface area contributed by atoms with E-state index in [-0.39, 0.29) is 0 Å². The summed E-state index contributed by atoms with van der Waals surface area (Å²) in [5.41, 5.74) is 0. The molecule has 3 rings (SSSR count). The summed E-state index contributed by atoms with van der Waals surface area (Å²) in [7, 11) is 0. The van der Waals surface area contributed by atoms with Crippen molar-refractivity contribution in [2.24, 2.45) is 35.5 Å². The maximum atomic E-state index is 3.91. The lowest BCUT2D eigenvalue weighted by Crippen LogP contribution is -2.34. The van der Waals surface area contributed by atoms with Crippen LogP contribution in [0.1, 0.15) is 96.8 Å². The zero-order chi connectivity index (χ0) is 16.1. The largest absolute Gasteiger partial charge is 0.103 e. The van der Waals surface area contributed by atoms with Gasteiger partial charge in [-0.1, -0.05) is 45.1 Å². The molecule has 0 aliphatic heterocycles. The molecular weight excluding hydrogens is 276 g/mol. The van der Waals surface area contributed by atoms with E-state index in [2.05, 4.69) is 19.6 Å². The van der Waals surface area contributed by atoms with Gasteiger partial charge in [-0.3, -0.25) is 0 Å². The van der Waals surface area contributed by atoms with Gasteiger partial charge in [0.25, 0.3) is 0 Å². The van der Waals surface area contributed by atoms with Crippen molar-refractivity contribution in [2.45, 2.75) is 96.8 Å². The molecule has 3 saturated carbocycles. The van der Waals surface area contributed by atoms with Crippen molar-refractivity contribution >= 4 is 0 Å². The molecule has 23 heavy (non-hydrogen) atoms. The summed E-state index contributed by atoms with van der Waals surface area (Å²) in [4.78, 5) is 0. The standard InChI is InChI=1S/C23H40/c1-3-5-7-19-10-13-23-17-22(15-14-21(23)16-19)20-11-8-18(6-4-2)9-12-20/h3,18-23H,1,4-17H2,2H3. The first kappa shape index (κ1) is 17.6. The highest BCUT2D eigenvalue weighted by atomic mass is 14.4. The monoisotopic (exact) mass is 316 g/mol. The molecule has 3 aliphatic carbocycles. The van der Waals surface area contributed by atoms with Gasteiger partial charge in [-0.15, -0.1) is 6.58 Å². The van der Waals surface area contributed by atoms with Crippen LogP contribution in [0, 0.1) is 35.5 Å². The van der Waals surface area contributed by atoms with Gasteiger partial charge in [0, 0.05) is 0 Å². The second-order valence-corrected chi connectivity index (χ2v) is 9.21. The van der Waals surface area contributed by atoms with Crippen molar-refractivity contribution in [2.75, 3.05) is 0 Å². The lowest BCUT2D eigenvalue weighted by Gasteiger charge is -2.45. The Morgan fingerprint density at radius 3 is 1.96 bits per heavy atom. The van der Waals surface area contributed by atoms with E-state index < -0.39 is 0 Å². The van der Waals surface area contributed by atoms with Crippen LogP contribution in [0.4, 0.5) is 0 Å². The summed E-state index contributed by atoms with van der Waals surface area (Å²) in [5.74, 6) is 6.49. The van der Waals surface area contributed by atoms with Gasteiger partial charge in [-0.2, -0.15) is 0 Å². The number of hydrogen-bond donors (Lipinski definition) is 0. The Hall–Kier alpha value is -0.260. The van der Waals surface area contributed by atoms with E-state index in [1.165, 1.54) is 32.1 Å². The third-order valence-corrected chi connectivity index (χ3v) is 7.80. The van der Waals surface area contributed by atoms with Crippen molar-refractivity contribution < 1.29 is 0 Å². The molecule has 0 aromatic carbocycles. The zero-order valence-electron chi connectivity index (χ0n) is 15.6. The van der Waals surface area contributed by atoms with Crippen LogP contribution < -0.4 is 0 Å². The van der Waals surface area contributed by atoms with Gasteiger partial charge in [0.05, 0.1) is 0 Å². The molecule has 0 N–H and O–H groups in total. The smallest absolute Gasteiger partial charge is 0.0351 e. The zero-order valence-corrected chi connectivity index (χ0v) is 15.6. The fraction of sp³-hybridized carbons (Fsp3) is 0.913. The quantitative estimate of drug-likeness (QED) is 0.448. The fourth-order valence-corrected chi connectivity index (χ4v) is 6.42. The Bertz CT molecular complexity index is 349. The van der Waals surface area contributed by atoms with E-state index in [0.717, 1.165) is 35.5 Å². The highest BCUT2D eigenvalue weighted by Gasteiger charge is 2.38. The fourth-order valence-electron chi connectivity index (χ4n) is 6.42. The van der Waals surface area contributed by atoms with E-state index in [0.29, 0.717) is 0 Å². The van der Waals surface area contributed by atoms with E-state index in [4.69, 9.17) is 0 Å². The molecule has 0 heterocycles. The molecule has 4 unspecified atom stereocenters. The molecule has 0 bridgehead atoms. The minimum Gasteiger partial charge on any atom is -0.103 e. The van der Waals surface area contributed by atoms with Crippen LogP contribution in [-0.4, -0.2) is 0 Å². The summed E-state index contributed by atoms with van der Waals surface area (Å²) < 4.78 is 0. The topological polar surface area (TPSA) is 0 Å². The van der Waals surface area contributed by atoms with Crippen LogP contribution in [0.2, 0.25) is 0 Å². The van der Waals surface area contributed by atoms with Gasteiger partial charge >= 0.3 is 0 Å². The first-order valence-electron chi connectivity index (χ1n) is 10.9. The number of allylic oxidation sites excluding steroid dienone is 1. The van der Waals surface area contributed by atoms with E-state index >= 15 is 0 Å². The highest BCUT2D eigenvalue weighted by molar-refractivity contribution is 4.89. The normalized spacial score (nSPS) is 41.3. The summed E-state index contributed by atoms with van der Waals surface area (Å²) in [5, 5.41) is 0. The van der Waals surface area contributed by atoms with Gasteiger partial charge in [-0.05, 0) is 93.3 Å². The molecule has 0 amide bonds. The maximum absolute atomic E-state index is 3.91. The average Bonchev–Trinajstić information content (AvgIpc) is 2.60. The Labute approximate surface area is 145 Å². The van der Waals surface area contributed by atoms with Gasteiger partial charge < -0.3 is 0 Å². The molecule has 0 aromatic heterocycles. The minimum absolute atomic E-state index is 1.02. The van der Waals surface area contributed by atoms with Crippen molar-refractivity contribution in [3.05, 3.63) is 12.7 Å². The van der Waals surface area contributed by atoms with Crippen LogP contribution in [0.25, 0.3) is 0 Å². The van der Waals surface area contributed by atoms with Crippen LogP contribution in [0.3, 0.4) is 0 Å². The second kappa shape index (κ2) is 8.72. The predicted molar refractivity (Wildman–Crippen MR) is 101 cm³/mol. The van der Waals surface area contributed by atoms with E-state index in [9.17, 15) is 0 Å². The molecule has 0 aromatic rings. The molecule has 0 spiro atoms. The van der Waals surface area contributed by atoms with Crippen molar-refractivity contribution in [1.29, 1.82) is 0 Å². The van der Waals surface area contributed by atoms with Gasteiger partial charge in [0.2, 0.25) is 0 Å². The third kappa shape index (κ3) is 4.64. The Morgan fingerprint density at radius 2 is 1.26 bits per heavy atom.